The summed E-state index contributed by atoms with van der Waals surface area (Å²) in [5, 5.41) is 8.34. The SMILES string of the molecule is CN1CCN(C2=CC=CC3NC(C4CCCC(c5ncccc5Cl)N4)=CN23)CC12CC2. The minimum absolute atomic E-state index is 0.199. The average Bonchev–Trinajstić information content (AvgIpc) is 3.42. The maximum Gasteiger partial charge on any atom is 0.124 e. The van der Waals surface area contributed by atoms with Crippen molar-refractivity contribution in [3.8, 4) is 0 Å². The Bertz CT molecular complexity index is 951. The maximum absolute atomic E-state index is 6.44. The Balaban J connectivity index is 1.20. The zero-order chi connectivity index (χ0) is 21.0. The third-order valence-electron chi connectivity index (χ3n) is 7.73. The number of rotatable bonds is 3. The van der Waals surface area contributed by atoms with Crippen molar-refractivity contribution < 1.29 is 0 Å². The van der Waals surface area contributed by atoms with E-state index in [4.69, 9.17) is 11.6 Å². The van der Waals surface area contributed by atoms with E-state index in [-0.39, 0.29) is 12.2 Å². The van der Waals surface area contributed by atoms with Crippen molar-refractivity contribution >= 4 is 11.6 Å². The zero-order valence-corrected chi connectivity index (χ0v) is 18.9. The van der Waals surface area contributed by atoms with E-state index in [0.717, 1.165) is 43.2 Å². The van der Waals surface area contributed by atoms with Crippen LogP contribution in [-0.4, -0.2) is 64.1 Å². The van der Waals surface area contributed by atoms with E-state index in [0.29, 0.717) is 11.6 Å². The molecule has 1 saturated carbocycles. The molecule has 0 amide bonds. The molecular formula is C24H31ClN6. The number of allylic oxidation sites excluding steroid dienone is 2. The second-order valence-corrected chi connectivity index (χ2v) is 10.0. The number of aromatic nitrogens is 1. The number of likely N-dealkylation sites (N-methyl/N-ethyl adjacent to an activating group) is 1. The second kappa shape index (κ2) is 7.54. The Labute approximate surface area is 189 Å². The first-order valence-corrected chi connectivity index (χ1v) is 12.0. The highest BCUT2D eigenvalue weighted by Gasteiger charge is 2.50. The predicted molar refractivity (Wildman–Crippen MR) is 123 cm³/mol. The highest BCUT2D eigenvalue weighted by Crippen LogP contribution is 2.44. The lowest BCUT2D eigenvalue weighted by molar-refractivity contribution is 0.0810. The number of nitrogens with one attached hydrogen (secondary N) is 2. The quantitative estimate of drug-likeness (QED) is 0.755. The van der Waals surface area contributed by atoms with Gasteiger partial charge in [0.1, 0.15) is 12.0 Å². The number of fused-ring (bicyclic) bond motifs is 1. The van der Waals surface area contributed by atoms with Gasteiger partial charge in [-0.05, 0) is 63.4 Å². The standard InChI is InChI=1S/C24H31ClN6/c1-29-13-14-30(16-24(29)10-11-24)22-9-3-8-21-28-20(15-31(21)22)18-6-2-7-19(27-18)23-17(25)5-4-12-26-23/h3-5,8-9,12,15,18-19,21,27-28H,2,6-7,10-11,13-14,16H2,1H3. The Kier molecular flexibility index (Phi) is 4.78. The summed E-state index contributed by atoms with van der Waals surface area (Å²) in [7, 11) is 2.29. The molecule has 7 heteroatoms. The molecule has 1 aromatic heterocycles. The van der Waals surface area contributed by atoms with Gasteiger partial charge in [-0.2, -0.15) is 0 Å². The maximum atomic E-state index is 6.44. The predicted octanol–water partition coefficient (Wildman–Crippen LogP) is 3.18. The molecule has 2 N–H and O–H groups in total. The van der Waals surface area contributed by atoms with Crippen molar-refractivity contribution in [1.82, 2.24) is 30.3 Å². The van der Waals surface area contributed by atoms with Crippen molar-refractivity contribution in [2.75, 3.05) is 26.7 Å². The highest BCUT2D eigenvalue weighted by atomic mass is 35.5. The van der Waals surface area contributed by atoms with Crippen molar-refractivity contribution in [3.63, 3.8) is 0 Å². The van der Waals surface area contributed by atoms with Gasteiger partial charge in [-0.3, -0.25) is 9.88 Å². The normalized spacial score (nSPS) is 31.9. The van der Waals surface area contributed by atoms with E-state index in [1.165, 1.54) is 30.8 Å². The zero-order valence-electron chi connectivity index (χ0n) is 18.1. The molecule has 4 aliphatic heterocycles. The summed E-state index contributed by atoms with van der Waals surface area (Å²) in [6, 6.07) is 4.33. The van der Waals surface area contributed by atoms with Crippen LogP contribution in [0.1, 0.15) is 43.8 Å². The van der Waals surface area contributed by atoms with Crippen molar-refractivity contribution in [2.24, 2.45) is 0 Å². The first-order chi connectivity index (χ1) is 15.1. The number of hydrogen-bond donors (Lipinski definition) is 2. The van der Waals surface area contributed by atoms with Gasteiger partial charge in [0.15, 0.2) is 0 Å². The first-order valence-electron chi connectivity index (χ1n) is 11.6. The monoisotopic (exact) mass is 438 g/mol. The topological polar surface area (TPSA) is 46.7 Å². The van der Waals surface area contributed by atoms with Gasteiger partial charge in [0.05, 0.1) is 16.8 Å². The van der Waals surface area contributed by atoms with E-state index in [9.17, 15) is 0 Å². The molecular weight excluding hydrogens is 408 g/mol. The molecule has 3 unspecified atom stereocenters. The van der Waals surface area contributed by atoms with Gasteiger partial charge in [-0.15, -0.1) is 0 Å². The van der Waals surface area contributed by atoms with Crippen LogP contribution in [-0.2, 0) is 0 Å². The Morgan fingerprint density at radius 2 is 2.06 bits per heavy atom. The Morgan fingerprint density at radius 1 is 1.19 bits per heavy atom. The fourth-order valence-corrected chi connectivity index (χ4v) is 5.90. The molecule has 1 aliphatic carbocycles. The Morgan fingerprint density at radius 3 is 2.90 bits per heavy atom. The molecule has 5 heterocycles. The van der Waals surface area contributed by atoms with Gasteiger partial charge in [0, 0.05) is 49.3 Å². The highest BCUT2D eigenvalue weighted by molar-refractivity contribution is 6.31. The summed E-state index contributed by atoms with van der Waals surface area (Å²) in [6.45, 7) is 3.37. The number of pyridine rings is 1. The van der Waals surface area contributed by atoms with Crippen molar-refractivity contribution in [1.29, 1.82) is 0 Å². The summed E-state index contributed by atoms with van der Waals surface area (Å²) in [5.74, 6) is 1.33. The average molecular weight is 439 g/mol. The van der Waals surface area contributed by atoms with Crippen LogP contribution in [0.25, 0.3) is 0 Å². The molecule has 6 rings (SSSR count). The first kappa shape index (κ1) is 19.6. The minimum atomic E-state index is 0.199. The molecule has 5 aliphatic rings. The summed E-state index contributed by atoms with van der Waals surface area (Å²) in [4.78, 5) is 12.1. The summed E-state index contributed by atoms with van der Waals surface area (Å²) in [6.07, 6.45) is 17.1. The van der Waals surface area contributed by atoms with Gasteiger partial charge in [-0.1, -0.05) is 17.7 Å². The number of halogens is 1. The fraction of sp³-hybridized carbons (Fsp3) is 0.542. The van der Waals surface area contributed by atoms with Gasteiger partial charge in [0.2, 0.25) is 0 Å². The van der Waals surface area contributed by atoms with Gasteiger partial charge in [-0.25, -0.2) is 0 Å². The van der Waals surface area contributed by atoms with E-state index >= 15 is 0 Å². The summed E-state index contributed by atoms with van der Waals surface area (Å²) >= 11 is 6.44. The third-order valence-corrected chi connectivity index (χ3v) is 8.05. The van der Waals surface area contributed by atoms with E-state index in [1.807, 2.05) is 18.3 Å². The lowest BCUT2D eigenvalue weighted by atomic mass is 9.94. The molecule has 1 spiro atoms. The van der Waals surface area contributed by atoms with Gasteiger partial charge < -0.3 is 20.4 Å². The Hall–Kier alpha value is -2.02. The van der Waals surface area contributed by atoms with Crippen LogP contribution >= 0.6 is 11.6 Å². The fourth-order valence-electron chi connectivity index (χ4n) is 5.64. The largest absolute Gasteiger partial charge is 0.363 e. The van der Waals surface area contributed by atoms with Crippen LogP contribution in [0.4, 0.5) is 0 Å². The summed E-state index contributed by atoms with van der Waals surface area (Å²) < 4.78 is 0. The van der Waals surface area contributed by atoms with Crippen LogP contribution in [0.2, 0.25) is 5.02 Å². The molecule has 0 bridgehead atoms. The number of piperazine rings is 1. The molecule has 3 atom stereocenters. The second-order valence-electron chi connectivity index (χ2n) is 9.63. The smallest absolute Gasteiger partial charge is 0.124 e. The molecule has 2 saturated heterocycles. The lowest BCUT2D eigenvalue weighted by Crippen LogP contribution is -2.55. The number of hydrogen-bond acceptors (Lipinski definition) is 6. The third kappa shape index (κ3) is 3.45. The van der Waals surface area contributed by atoms with Crippen LogP contribution in [0.3, 0.4) is 0 Å². The minimum Gasteiger partial charge on any atom is -0.363 e. The van der Waals surface area contributed by atoms with Crippen LogP contribution < -0.4 is 10.6 Å². The lowest BCUT2D eigenvalue weighted by Gasteiger charge is -2.45. The summed E-state index contributed by atoms with van der Waals surface area (Å²) in [5.41, 5.74) is 2.66. The van der Waals surface area contributed by atoms with E-state index in [1.54, 1.807) is 0 Å². The molecule has 0 aromatic carbocycles. The number of piperidine rings is 1. The van der Waals surface area contributed by atoms with Gasteiger partial charge in [0.25, 0.3) is 0 Å². The van der Waals surface area contributed by atoms with Crippen LogP contribution in [0.15, 0.2) is 54.3 Å². The molecule has 31 heavy (non-hydrogen) atoms. The van der Waals surface area contributed by atoms with Crippen LogP contribution in [0.5, 0.6) is 0 Å². The van der Waals surface area contributed by atoms with Crippen molar-refractivity contribution in [3.05, 3.63) is 65.0 Å². The van der Waals surface area contributed by atoms with Gasteiger partial charge >= 0.3 is 0 Å². The van der Waals surface area contributed by atoms with E-state index in [2.05, 4.69) is 61.8 Å². The molecule has 0 radical (unpaired) electrons. The number of nitrogens with zero attached hydrogens (tertiary/aromatic N) is 4. The molecule has 6 nitrogen and oxygen atoms in total. The van der Waals surface area contributed by atoms with E-state index < -0.39 is 0 Å². The molecule has 1 aromatic rings. The van der Waals surface area contributed by atoms with Crippen LogP contribution in [0, 0.1) is 0 Å². The molecule has 164 valence electrons. The molecule has 3 fully saturated rings. The van der Waals surface area contributed by atoms with Crippen molar-refractivity contribution in [2.45, 2.75) is 55.9 Å².